The number of nitrogens with zero attached hydrogens (tertiary/aromatic N) is 3. The van der Waals surface area contributed by atoms with Crippen molar-refractivity contribution in [3.63, 3.8) is 0 Å². The summed E-state index contributed by atoms with van der Waals surface area (Å²) in [6, 6.07) is 0. The lowest BCUT2D eigenvalue weighted by molar-refractivity contribution is 0.543. The standard InChI is InChI=1S/C8H11FN6/c1-4(10-2)13-7-5-6(12-3-11-5)14-8(9)15-7/h3-4,10H,1-2H3,(H2,11,12,13,14,15). The molecule has 0 aliphatic heterocycles. The van der Waals surface area contributed by atoms with Gasteiger partial charge in [-0.15, -0.1) is 0 Å². The van der Waals surface area contributed by atoms with E-state index in [1.165, 1.54) is 6.33 Å². The minimum atomic E-state index is -0.791. The molecule has 0 saturated heterocycles. The molecule has 2 aromatic heterocycles. The number of nitrogens with one attached hydrogen (secondary N) is 3. The molecule has 2 rings (SSSR count). The SMILES string of the molecule is CNC(C)Nc1nc(F)nc2nc[nH]c12. The van der Waals surface area contributed by atoms with E-state index in [1.807, 2.05) is 6.92 Å². The molecule has 1 atom stereocenters. The maximum absolute atomic E-state index is 13.0. The van der Waals surface area contributed by atoms with Gasteiger partial charge in [-0.05, 0) is 14.0 Å². The van der Waals surface area contributed by atoms with Gasteiger partial charge in [0.25, 0.3) is 0 Å². The van der Waals surface area contributed by atoms with Gasteiger partial charge < -0.3 is 15.6 Å². The van der Waals surface area contributed by atoms with Gasteiger partial charge in [-0.25, -0.2) is 4.98 Å². The fourth-order valence-electron chi connectivity index (χ4n) is 1.19. The second-order valence-electron chi connectivity index (χ2n) is 3.10. The number of anilines is 1. The summed E-state index contributed by atoms with van der Waals surface area (Å²) < 4.78 is 13.0. The first kappa shape index (κ1) is 9.78. The Bertz CT molecular complexity index is 467. The Balaban J connectivity index is 2.44. The summed E-state index contributed by atoms with van der Waals surface area (Å²) >= 11 is 0. The van der Waals surface area contributed by atoms with Crippen LogP contribution in [0.4, 0.5) is 10.2 Å². The summed E-state index contributed by atoms with van der Waals surface area (Å²) in [7, 11) is 1.79. The van der Waals surface area contributed by atoms with E-state index in [1.54, 1.807) is 7.05 Å². The highest BCUT2D eigenvalue weighted by atomic mass is 19.1. The minimum absolute atomic E-state index is 0.0224. The number of hydrogen-bond donors (Lipinski definition) is 3. The molecule has 0 aliphatic carbocycles. The summed E-state index contributed by atoms with van der Waals surface area (Å²) in [5.41, 5.74) is 0.909. The predicted octanol–water partition coefficient (Wildman–Crippen LogP) is 0.469. The average molecular weight is 210 g/mol. The minimum Gasteiger partial charge on any atom is -0.353 e. The van der Waals surface area contributed by atoms with Crippen LogP contribution in [0.25, 0.3) is 11.2 Å². The Hall–Kier alpha value is -1.76. The van der Waals surface area contributed by atoms with E-state index < -0.39 is 6.08 Å². The number of imidazole rings is 1. The van der Waals surface area contributed by atoms with Crippen LogP contribution in [0, 0.1) is 6.08 Å². The van der Waals surface area contributed by atoms with Crippen LogP contribution in [0.3, 0.4) is 0 Å². The highest BCUT2D eigenvalue weighted by Crippen LogP contribution is 2.16. The zero-order chi connectivity index (χ0) is 10.8. The molecule has 3 N–H and O–H groups in total. The molecule has 1 unspecified atom stereocenters. The number of aromatic amines is 1. The molecular weight excluding hydrogens is 199 g/mol. The van der Waals surface area contributed by atoms with Crippen LogP contribution >= 0.6 is 0 Å². The van der Waals surface area contributed by atoms with Crippen molar-refractivity contribution in [1.29, 1.82) is 0 Å². The van der Waals surface area contributed by atoms with Crippen LogP contribution in [0.15, 0.2) is 6.33 Å². The van der Waals surface area contributed by atoms with Crippen LogP contribution in [-0.4, -0.2) is 33.1 Å². The number of H-pyrrole nitrogens is 1. The van der Waals surface area contributed by atoms with Crippen molar-refractivity contribution in [3.8, 4) is 0 Å². The number of hydrogen-bond acceptors (Lipinski definition) is 5. The lowest BCUT2D eigenvalue weighted by atomic mass is 10.4. The second kappa shape index (κ2) is 3.77. The number of fused-ring (bicyclic) bond motifs is 1. The maximum atomic E-state index is 13.0. The van der Waals surface area contributed by atoms with Crippen LogP contribution in [0.5, 0.6) is 0 Å². The summed E-state index contributed by atoms with van der Waals surface area (Å²) in [6.45, 7) is 1.89. The zero-order valence-corrected chi connectivity index (χ0v) is 8.37. The molecule has 0 aromatic carbocycles. The first-order chi connectivity index (χ1) is 7.20. The van der Waals surface area contributed by atoms with Gasteiger partial charge in [-0.1, -0.05) is 0 Å². The average Bonchev–Trinajstić information content (AvgIpc) is 2.65. The summed E-state index contributed by atoms with van der Waals surface area (Å²) in [4.78, 5) is 13.9. The number of aromatic nitrogens is 4. The van der Waals surface area contributed by atoms with Gasteiger partial charge in [0.05, 0.1) is 12.5 Å². The molecule has 0 aliphatic rings. The highest BCUT2D eigenvalue weighted by molar-refractivity contribution is 5.82. The molecule has 2 heterocycles. The zero-order valence-electron chi connectivity index (χ0n) is 8.37. The molecule has 0 fully saturated rings. The molecule has 6 nitrogen and oxygen atoms in total. The fraction of sp³-hybridized carbons (Fsp3) is 0.375. The van der Waals surface area contributed by atoms with Gasteiger partial charge in [0.1, 0.15) is 5.52 Å². The van der Waals surface area contributed by atoms with Gasteiger partial charge in [0, 0.05) is 0 Å². The molecular formula is C8H11FN6. The van der Waals surface area contributed by atoms with E-state index in [9.17, 15) is 4.39 Å². The molecule has 2 aromatic rings. The van der Waals surface area contributed by atoms with E-state index in [-0.39, 0.29) is 6.17 Å². The Morgan fingerprint density at radius 3 is 3.00 bits per heavy atom. The van der Waals surface area contributed by atoms with E-state index in [0.717, 1.165) is 0 Å². The lowest BCUT2D eigenvalue weighted by Gasteiger charge is -2.13. The highest BCUT2D eigenvalue weighted by Gasteiger charge is 2.10. The quantitative estimate of drug-likeness (QED) is 0.507. The summed E-state index contributed by atoms with van der Waals surface area (Å²) in [5, 5.41) is 5.95. The molecule has 7 heteroatoms. The van der Waals surface area contributed by atoms with Crippen molar-refractivity contribution in [2.24, 2.45) is 0 Å². The molecule has 0 bridgehead atoms. The van der Waals surface area contributed by atoms with Gasteiger partial charge in [-0.3, -0.25) is 0 Å². The topological polar surface area (TPSA) is 78.5 Å². The monoisotopic (exact) mass is 210 g/mol. The van der Waals surface area contributed by atoms with Crippen molar-refractivity contribution in [3.05, 3.63) is 12.4 Å². The largest absolute Gasteiger partial charge is 0.353 e. The number of rotatable bonds is 3. The van der Waals surface area contributed by atoms with Crippen LogP contribution in [0.2, 0.25) is 0 Å². The van der Waals surface area contributed by atoms with Crippen molar-refractivity contribution >= 4 is 17.0 Å². The van der Waals surface area contributed by atoms with E-state index >= 15 is 0 Å². The van der Waals surface area contributed by atoms with Crippen molar-refractivity contribution < 1.29 is 4.39 Å². The second-order valence-corrected chi connectivity index (χ2v) is 3.10. The number of halogens is 1. The van der Waals surface area contributed by atoms with Gasteiger partial charge >= 0.3 is 6.08 Å². The first-order valence-corrected chi connectivity index (χ1v) is 4.51. The van der Waals surface area contributed by atoms with Crippen LogP contribution in [0.1, 0.15) is 6.92 Å². The molecule has 0 amide bonds. The van der Waals surface area contributed by atoms with E-state index in [2.05, 4.69) is 30.6 Å². The third-order valence-electron chi connectivity index (χ3n) is 2.04. The van der Waals surface area contributed by atoms with Gasteiger partial charge in [0.2, 0.25) is 0 Å². The third kappa shape index (κ3) is 1.86. The smallest absolute Gasteiger partial charge is 0.312 e. The Morgan fingerprint density at radius 2 is 2.27 bits per heavy atom. The van der Waals surface area contributed by atoms with E-state index in [0.29, 0.717) is 17.0 Å². The Morgan fingerprint density at radius 1 is 1.47 bits per heavy atom. The molecule has 15 heavy (non-hydrogen) atoms. The Labute approximate surface area is 85.3 Å². The van der Waals surface area contributed by atoms with Crippen molar-refractivity contribution in [1.82, 2.24) is 25.3 Å². The summed E-state index contributed by atoms with van der Waals surface area (Å²) in [5.74, 6) is 0.400. The third-order valence-corrected chi connectivity index (χ3v) is 2.04. The Kier molecular flexibility index (Phi) is 2.46. The first-order valence-electron chi connectivity index (χ1n) is 4.51. The molecule has 0 spiro atoms. The summed E-state index contributed by atoms with van der Waals surface area (Å²) in [6.07, 6.45) is 0.639. The van der Waals surface area contributed by atoms with Gasteiger partial charge in [0.15, 0.2) is 11.5 Å². The molecule has 0 saturated carbocycles. The van der Waals surface area contributed by atoms with E-state index in [4.69, 9.17) is 0 Å². The fourth-order valence-corrected chi connectivity index (χ4v) is 1.19. The van der Waals surface area contributed by atoms with Crippen molar-refractivity contribution in [2.45, 2.75) is 13.1 Å². The van der Waals surface area contributed by atoms with Crippen LogP contribution < -0.4 is 10.6 Å². The molecule has 80 valence electrons. The lowest BCUT2D eigenvalue weighted by Crippen LogP contribution is -2.30. The normalized spacial score (nSPS) is 13.0. The molecule has 0 radical (unpaired) electrons. The van der Waals surface area contributed by atoms with Crippen molar-refractivity contribution in [2.75, 3.05) is 12.4 Å². The van der Waals surface area contributed by atoms with Crippen LogP contribution in [-0.2, 0) is 0 Å². The van der Waals surface area contributed by atoms with Gasteiger partial charge in [-0.2, -0.15) is 14.4 Å². The maximum Gasteiger partial charge on any atom is 0.312 e. The predicted molar refractivity (Wildman–Crippen MR) is 53.8 cm³/mol.